The van der Waals surface area contributed by atoms with Crippen molar-refractivity contribution in [2.24, 2.45) is 0 Å². The van der Waals surface area contributed by atoms with Gasteiger partial charge < -0.3 is 5.32 Å². The Kier molecular flexibility index (Phi) is 5.31. The van der Waals surface area contributed by atoms with E-state index in [1.165, 1.54) is 0 Å². The highest BCUT2D eigenvalue weighted by atomic mass is 35.5. The highest BCUT2D eigenvalue weighted by molar-refractivity contribution is 6.31. The zero-order chi connectivity index (χ0) is 17.6. The molecule has 2 N–H and O–H groups in total. The molecule has 126 valence electrons. The van der Waals surface area contributed by atoms with Gasteiger partial charge in [0, 0.05) is 17.1 Å². The van der Waals surface area contributed by atoms with Gasteiger partial charge in [-0.05, 0) is 36.2 Å². The summed E-state index contributed by atoms with van der Waals surface area (Å²) in [7, 11) is 0. The second kappa shape index (κ2) is 7.81. The zero-order valence-electron chi connectivity index (χ0n) is 13.8. The predicted molar refractivity (Wildman–Crippen MR) is 102 cm³/mol. The van der Waals surface area contributed by atoms with Crippen LogP contribution in [0.2, 0.25) is 5.02 Å². The molecule has 0 saturated carbocycles. The summed E-state index contributed by atoms with van der Waals surface area (Å²) in [5.74, 6) is 0.498. The summed E-state index contributed by atoms with van der Waals surface area (Å²) in [5, 5.41) is 6.17. The molecular weight excluding hydrogens is 334 g/mol. The first-order valence-electron chi connectivity index (χ1n) is 7.95. The highest BCUT2D eigenvalue weighted by Gasteiger charge is 2.07. The van der Waals surface area contributed by atoms with E-state index in [9.17, 15) is 4.79 Å². The third-order valence-corrected chi connectivity index (χ3v) is 4.18. The number of aromatic nitrogens is 1. The largest absolute Gasteiger partial charge is 0.334 e. The van der Waals surface area contributed by atoms with Crippen LogP contribution < -0.4 is 10.6 Å². The Bertz CT molecular complexity index is 895. The monoisotopic (exact) mass is 351 g/mol. The van der Waals surface area contributed by atoms with Gasteiger partial charge >= 0.3 is 6.03 Å². The third-order valence-electron chi connectivity index (χ3n) is 3.81. The zero-order valence-corrected chi connectivity index (χ0v) is 14.5. The minimum atomic E-state index is -0.325. The number of amides is 2. The Balaban J connectivity index is 1.67. The molecule has 0 atom stereocenters. The molecule has 0 radical (unpaired) electrons. The van der Waals surface area contributed by atoms with Crippen LogP contribution in [0.15, 0.2) is 66.7 Å². The van der Waals surface area contributed by atoms with Crippen molar-refractivity contribution in [2.45, 2.75) is 13.5 Å². The lowest BCUT2D eigenvalue weighted by Gasteiger charge is -2.10. The molecule has 0 aliphatic heterocycles. The van der Waals surface area contributed by atoms with Gasteiger partial charge in [0.15, 0.2) is 0 Å². The molecule has 1 aromatic heterocycles. The predicted octanol–water partition coefficient (Wildman–Crippen LogP) is 5.03. The number of anilines is 1. The van der Waals surface area contributed by atoms with Gasteiger partial charge in [0.2, 0.25) is 0 Å². The van der Waals surface area contributed by atoms with Crippen LogP contribution in [0, 0.1) is 6.92 Å². The lowest BCUT2D eigenvalue weighted by atomic mass is 10.1. The number of nitrogens with one attached hydrogen (secondary N) is 2. The molecule has 0 fully saturated rings. The second-order valence-electron chi connectivity index (χ2n) is 5.62. The molecule has 5 heteroatoms. The number of rotatable bonds is 4. The van der Waals surface area contributed by atoms with Gasteiger partial charge in [0.1, 0.15) is 5.82 Å². The van der Waals surface area contributed by atoms with E-state index in [0.717, 1.165) is 22.4 Å². The van der Waals surface area contributed by atoms with Crippen LogP contribution in [0.4, 0.5) is 10.6 Å². The number of carbonyl (C=O) groups is 1. The number of hydrogen-bond acceptors (Lipinski definition) is 2. The fourth-order valence-corrected chi connectivity index (χ4v) is 2.69. The number of benzene rings is 2. The van der Waals surface area contributed by atoms with E-state index in [0.29, 0.717) is 17.4 Å². The first-order valence-corrected chi connectivity index (χ1v) is 8.32. The number of halogens is 1. The smallest absolute Gasteiger partial charge is 0.320 e. The standard InChI is InChI=1S/C20H18ClN3O/c1-14-7-2-4-9-16(14)18-11-6-12-19(23-18)24-20(25)22-13-15-8-3-5-10-17(15)21/h2-12H,13H2,1H3,(H2,22,23,24,25). The van der Waals surface area contributed by atoms with Crippen molar-refractivity contribution in [2.75, 3.05) is 5.32 Å². The van der Waals surface area contributed by atoms with E-state index >= 15 is 0 Å². The van der Waals surface area contributed by atoms with Crippen LogP contribution in [-0.4, -0.2) is 11.0 Å². The Labute approximate surface area is 151 Å². The molecule has 1 heterocycles. The average molecular weight is 352 g/mol. The number of aryl methyl sites for hydroxylation is 1. The quantitative estimate of drug-likeness (QED) is 0.692. The molecule has 0 spiro atoms. The maximum Gasteiger partial charge on any atom is 0.320 e. The van der Waals surface area contributed by atoms with E-state index in [2.05, 4.69) is 15.6 Å². The van der Waals surface area contributed by atoms with E-state index < -0.39 is 0 Å². The highest BCUT2D eigenvalue weighted by Crippen LogP contribution is 2.22. The summed E-state index contributed by atoms with van der Waals surface area (Å²) in [4.78, 5) is 16.6. The molecular formula is C20H18ClN3O. The molecule has 0 aliphatic carbocycles. The first kappa shape index (κ1) is 17.0. The fraction of sp³-hybridized carbons (Fsp3) is 0.100. The molecule has 0 bridgehead atoms. The molecule has 4 nitrogen and oxygen atoms in total. The van der Waals surface area contributed by atoms with Crippen LogP contribution in [0.5, 0.6) is 0 Å². The Hall–Kier alpha value is -2.85. The first-order chi connectivity index (χ1) is 12.1. The number of hydrogen-bond donors (Lipinski definition) is 2. The summed E-state index contributed by atoms with van der Waals surface area (Å²) in [6, 6.07) is 20.7. The maximum atomic E-state index is 12.1. The SMILES string of the molecule is Cc1ccccc1-c1cccc(NC(=O)NCc2ccccc2Cl)n1. The van der Waals surface area contributed by atoms with Crippen molar-refractivity contribution in [1.82, 2.24) is 10.3 Å². The van der Waals surface area contributed by atoms with Gasteiger partial charge in [-0.1, -0.05) is 60.1 Å². The van der Waals surface area contributed by atoms with Gasteiger partial charge in [0.25, 0.3) is 0 Å². The molecule has 3 rings (SSSR count). The Morgan fingerprint density at radius 1 is 1.00 bits per heavy atom. The molecule has 2 aromatic carbocycles. The number of nitrogens with zero attached hydrogens (tertiary/aromatic N) is 1. The average Bonchev–Trinajstić information content (AvgIpc) is 2.62. The Morgan fingerprint density at radius 3 is 2.56 bits per heavy atom. The van der Waals surface area contributed by atoms with Crippen LogP contribution in [0.3, 0.4) is 0 Å². The van der Waals surface area contributed by atoms with Crippen LogP contribution in [-0.2, 0) is 6.54 Å². The number of pyridine rings is 1. The van der Waals surface area contributed by atoms with Crippen LogP contribution in [0.1, 0.15) is 11.1 Å². The maximum absolute atomic E-state index is 12.1. The third kappa shape index (κ3) is 4.37. The van der Waals surface area contributed by atoms with Gasteiger partial charge in [-0.25, -0.2) is 9.78 Å². The van der Waals surface area contributed by atoms with Crippen molar-refractivity contribution in [3.63, 3.8) is 0 Å². The van der Waals surface area contributed by atoms with Crippen LogP contribution >= 0.6 is 11.6 Å². The van der Waals surface area contributed by atoms with Gasteiger partial charge in [-0.2, -0.15) is 0 Å². The summed E-state index contributed by atoms with van der Waals surface area (Å²) >= 11 is 6.09. The molecule has 0 aliphatic rings. The number of urea groups is 1. The topological polar surface area (TPSA) is 54.0 Å². The summed E-state index contributed by atoms with van der Waals surface area (Å²) in [6.45, 7) is 2.39. The van der Waals surface area contributed by atoms with Crippen molar-refractivity contribution in [3.8, 4) is 11.3 Å². The lowest BCUT2D eigenvalue weighted by molar-refractivity contribution is 0.251. The van der Waals surface area contributed by atoms with Gasteiger partial charge in [-0.15, -0.1) is 0 Å². The molecule has 2 amide bonds. The molecule has 0 saturated heterocycles. The summed E-state index contributed by atoms with van der Waals surface area (Å²) < 4.78 is 0. The summed E-state index contributed by atoms with van der Waals surface area (Å²) in [5.41, 5.74) is 3.86. The second-order valence-corrected chi connectivity index (χ2v) is 6.03. The van der Waals surface area contributed by atoms with E-state index in [-0.39, 0.29) is 6.03 Å². The normalized spacial score (nSPS) is 10.3. The fourth-order valence-electron chi connectivity index (χ4n) is 2.49. The van der Waals surface area contributed by atoms with E-state index in [1.54, 1.807) is 12.1 Å². The lowest BCUT2D eigenvalue weighted by Crippen LogP contribution is -2.28. The minimum absolute atomic E-state index is 0.325. The van der Waals surface area contributed by atoms with Gasteiger partial charge in [0.05, 0.1) is 5.69 Å². The van der Waals surface area contributed by atoms with Crippen molar-refractivity contribution < 1.29 is 4.79 Å². The van der Waals surface area contributed by atoms with Gasteiger partial charge in [-0.3, -0.25) is 5.32 Å². The Morgan fingerprint density at radius 2 is 1.76 bits per heavy atom. The van der Waals surface area contributed by atoms with Crippen molar-refractivity contribution in [1.29, 1.82) is 0 Å². The number of carbonyl (C=O) groups excluding carboxylic acids is 1. The van der Waals surface area contributed by atoms with Crippen LogP contribution in [0.25, 0.3) is 11.3 Å². The molecule has 0 unspecified atom stereocenters. The molecule has 25 heavy (non-hydrogen) atoms. The van der Waals surface area contributed by atoms with Crippen molar-refractivity contribution >= 4 is 23.4 Å². The van der Waals surface area contributed by atoms with E-state index in [1.807, 2.05) is 61.5 Å². The summed E-state index contributed by atoms with van der Waals surface area (Å²) in [6.07, 6.45) is 0. The van der Waals surface area contributed by atoms with E-state index in [4.69, 9.17) is 11.6 Å². The minimum Gasteiger partial charge on any atom is -0.334 e. The molecule has 3 aromatic rings. The van der Waals surface area contributed by atoms with Crippen molar-refractivity contribution in [3.05, 3.63) is 82.9 Å².